The van der Waals surface area contributed by atoms with E-state index in [1.807, 2.05) is 21.1 Å². The fourth-order valence-electron chi connectivity index (χ4n) is 11.6. The number of likely N-dealkylation sites (N-methyl/N-ethyl adjacent to an activating group) is 1. The topological polar surface area (TPSA) is 108 Å². The highest BCUT2D eigenvalue weighted by Crippen LogP contribution is 2.43. The van der Waals surface area contributed by atoms with Crippen molar-refractivity contribution >= 4 is 19.8 Å². The number of hydrogen-bond donors (Lipinski definition) is 1. The number of carbonyl (C=O) groups excluding carboxylic acids is 2. The summed E-state index contributed by atoms with van der Waals surface area (Å²) in [7, 11) is 1.49. The van der Waals surface area contributed by atoms with Crippen molar-refractivity contribution in [1.82, 2.24) is 0 Å². The van der Waals surface area contributed by atoms with Crippen molar-refractivity contribution in [2.75, 3.05) is 47.5 Å². The summed E-state index contributed by atoms with van der Waals surface area (Å²) in [5, 5.41) is 0. The monoisotopic (exact) mass is 1290 g/mol. The predicted molar refractivity (Wildman–Crippen MR) is 390 cm³/mol. The molecule has 0 aromatic rings. The Kier molecular flexibility index (Phi) is 69.2. The van der Waals surface area contributed by atoms with Gasteiger partial charge in [-0.1, -0.05) is 357 Å². The number of phosphoric acid groups is 1. The largest absolute Gasteiger partial charge is 0.472 e. The van der Waals surface area contributed by atoms with Crippen LogP contribution in [0.2, 0.25) is 0 Å². The van der Waals surface area contributed by atoms with Gasteiger partial charge in [0.15, 0.2) is 6.10 Å². The summed E-state index contributed by atoms with van der Waals surface area (Å²) in [5.41, 5.74) is 0. The number of ether oxygens (including phenoxy) is 2. The van der Waals surface area contributed by atoms with Gasteiger partial charge in [0.25, 0.3) is 0 Å². The Bertz CT molecular complexity index is 1700. The van der Waals surface area contributed by atoms with Gasteiger partial charge in [-0.3, -0.25) is 18.6 Å². The Morgan fingerprint density at radius 1 is 0.356 bits per heavy atom. The van der Waals surface area contributed by atoms with Crippen LogP contribution in [0.1, 0.15) is 386 Å². The van der Waals surface area contributed by atoms with Crippen LogP contribution in [-0.2, 0) is 32.7 Å². The number of nitrogens with zero attached hydrogens (tertiary/aromatic N) is 1. The van der Waals surface area contributed by atoms with Gasteiger partial charge in [0, 0.05) is 12.8 Å². The quantitative estimate of drug-likeness (QED) is 0.0211. The number of rotatable bonds is 73. The molecule has 0 radical (unpaired) electrons. The fourth-order valence-corrected chi connectivity index (χ4v) is 12.3. The molecule has 0 aliphatic carbocycles. The molecule has 0 saturated carbocycles. The van der Waals surface area contributed by atoms with Gasteiger partial charge in [0.1, 0.15) is 19.8 Å². The molecule has 0 fully saturated rings. The van der Waals surface area contributed by atoms with Crippen LogP contribution in [0.3, 0.4) is 0 Å². The van der Waals surface area contributed by atoms with Crippen LogP contribution in [0, 0.1) is 0 Å². The van der Waals surface area contributed by atoms with Crippen molar-refractivity contribution in [3.8, 4) is 0 Å². The lowest BCUT2D eigenvalue weighted by Gasteiger charge is -2.24. The van der Waals surface area contributed by atoms with Crippen molar-refractivity contribution in [2.45, 2.75) is 392 Å². The summed E-state index contributed by atoms with van der Waals surface area (Å²) in [4.78, 5) is 36.0. The summed E-state index contributed by atoms with van der Waals surface area (Å²) in [6.07, 6.45) is 95.1. The van der Waals surface area contributed by atoms with E-state index in [9.17, 15) is 19.0 Å². The maximum Gasteiger partial charge on any atom is 0.472 e. The minimum atomic E-state index is -4.39. The maximum absolute atomic E-state index is 12.9. The molecule has 0 spiro atoms. The van der Waals surface area contributed by atoms with E-state index >= 15 is 0 Å². The molecule has 0 saturated heterocycles. The average molecular weight is 1290 g/mol. The van der Waals surface area contributed by atoms with E-state index in [0.29, 0.717) is 23.9 Å². The highest BCUT2D eigenvalue weighted by molar-refractivity contribution is 7.47. The highest BCUT2D eigenvalue weighted by Gasteiger charge is 2.27. The number of carbonyl (C=O) groups is 2. The molecule has 9 nitrogen and oxygen atoms in total. The van der Waals surface area contributed by atoms with Gasteiger partial charge in [-0.25, -0.2) is 4.57 Å². The Balaban J connectivity index is 3.92. The summed E-state index contributed by atoms with van der Waals surface area (Å²) >= 11 is 0. The summed E-state index contributed by atoms with van der Waals surface area (Å²) < 4.78 is 34.8. The normalized spacial score (nSPS) is 13.4. The molecule has 528 valence electrons. The van der Waals surface area contributed by atoms with Gasteiger partial charge in [0.05, 0.1) is 27.7 Å². The van der Waals surface area contributed by atoms with Gasteiger partial charge in [0.2, 0.25) is 0 Å². The van der Waals surface area contributed by atoms with E-state index in [-0.39, 0.29) is 25.6 Å². The second-order valence-corrected chi connectivity index (χ2v) is 29.2. The molecule has 0 aromatic heterocycles. The van der Waals surface area contributed by atoms with Gasteiger partial charge in [-0.15, -0.1) is 0 Å². The fraction of sp³-hybridized carbons (Fsp3) is 0.850. The molecule has 10 heteroatoms. The highest BCUT2D eigenvalue weighted by atomic mass is 31.2. The molecule has 90 heavy (non-hydrogen) atoms. The molecule has 2 unspecified atom stereocenters. The molecule has 0 heterocycles. The van der Waals surface area contributed by atoms with Crippen LogP contribution in [0.5, 0.6) is 0 Å². The third kappa shape index (κ3) is 74.7. The first-order valence-electron chi connectivity index (χ1n) is 39.0. The first-order valence-corrected chi connectivity index (χ1v) is 40.5. The molecule has 1 N–H and O–H groups in total. The van der Waals surface area contributed by atoms with E-state index in [0.717, 1.165) is 57.8 Å². The molecule has 0 aliphatic heterocycles. The molecule has 0 bridgehead atoms. The zero-order valence-electron chi connectivity index (χ0n) is 60.4. The summed E-state index contributed by atoms with van der Waals surface area (Å²) in [5.74, 6) is -0.777. The minimum absolute atomic E-state index is 0.0331. The van der Waals surface area contributed by atoms with Crippen molar-refractivity contribution in [1.29, 1.82) is 0 Å². The van der Waals surface area contributed by atoms with Crippen LogP contribution in [0.4, 0.5) is 0 Å². The Morgan fingerprint density at radius 3 is 0.956 bits per heavy atom. The third-order valence-electron chi connectivity index (χ3n) is 17.5. The SMILES string of the molecule is CC/C=C\C/C=C\C/C=C\C/C=C\CCCCCCCCCCCCCCCCCCC(=O)OC(COC(=O)CCCCCCCCCCCCCCCCCCCCCCCCCCC/C=C\CCCCCCCCCC)COP(=O)(O)OCC[N+](C)(C)C. The molecule has 0 aliphatic rings. The lowest BCUT2D eigenvalue weighted by atomic mass is 10.0. The molecular formula is C80H151NO8P+. The van der Waals surface area contributed by atoms with Gasteiger partial charge >= 0.3 is 19.8 Å². The predicted octanol–water partition coefficient (Wildman–Crippen LogP) is 25.7. The van der Waals surface area contributed by atoms with Crippen LogP contribution in [0.25, 0.3) is 0 Å². The Morgan fingerprint density at radius 2 is 0.633 bits per heavy atom. The molecule has 0 amide bonds. The van der Waals surface area contributed by atoms with Crippen LogP contribution in [0.15, 0.2) is 60.8 Å². The Hall–Kier alpha value is -2.29. The second-order valence-electron chi connectivity index (χ2n) is 27.7. The maximum atomic E-state index is 12.9. The van der Waals surface area contributed by atoms with E-state index < -0.39 is 26.5 Å². The number of hydrogen-bond acceptors (Lipinski definition) is 7. The van der Waals surface area contributed by atoms with Crippen LogP contribution >= 0.6 is 7.82 Å². The van der Waals surface area contributed by atoms with Gasteiger partial charge in [-0.2, -0.15) is 0 Å². The van der Waals surface area contributed by atoms with E-state index in [1.165, 1.54) is 295 Å². The molecule has 2 atom stereocenters. The smallest absolute Gasteiger partial charge is 0.462 e. The van der Waals surface area contributed by atoms with E-state index in [4.69, 9.17) is 18.5 Å². The third-order valence-corrected chi connectivity index (χ3v) is 18.5. The molecule has 0 aromatic carbocycles. The van der Waals surface area contributed by atoms with Crippen LogP contribution < -0.4 is 0 Å². The second kappa shape index (κ2) is 71.0. The van der Waals surface area contributed by atoms with Gasteiger partial charge < -0.3 is 18.9 Å². The number of phosphoric ester groups is 1. The summed E-state index contributed by atoms with van der Waals surface area (Å²) in [6.45, 7) is 4.39. The van der Waals surface area contributed by atoms with Crippen molar-refractivity contribution in [3.63, 3.8) is 0 Å². The first-order chi connectivity index (χ1) is 44.0. The average Bonchev–Trinajstić information content (AvgIpc) is 3.58. The number of esters is 2. The van der Waals surface area contributed by atoms with E-state index in [2.05, 4.69) is 74.6 Å². The molecular weight excluding hydrogens is 1130 g/mol. The van der Waals surface area contributed by atoms with Crippen LogP contribution in [-0.4, -0.2) is 74.9 Å². The minimum Gasteiger partial charge on any atom is -0.462 e. The molecule has 0 rings (SSSR count). The van der Waals surface area contributed by atoms with Crippen molar-refractivity contribution in [3.05, 3.63) is 60.8 Å². The zero-order valence-corrected chi connectivity index (χ0v) is 61.3. The van der Waals surface area contributed by atoms with Gasteiger partial charge in [-0.05, 0) is 77.0 Å². The number of quaternary nitrogens is 1. The number of unbranched alkanes of at least 4 members (excludes halogenated alkanes) is 49. The summed E-state index contributed by atoms with van der Waals surface area (Å²) in [6, 6.07) is 0. The lowest BCUT2D eigenvalue weighted by molar-refractivity contribution is -0.870. The lowest BCUT2D eigenvalue weighted by Crippen LogP contribution is -2.37. The Labute approximate surface area is 559 Å². The first kappa shape index (κ1) is 87.7. The zero-order chi connectivity index (χ0) is 65.5. The van der Waals surface area contributed by atoms with Crippen molar-refractivity contribution < 1.29 is 42.1 Å². The number of allylic oxidation sites excluding steroid dienone is 10. The standard InChI is InChI=1S/C80H150NO8P/c1-6-8-10-12-14-16-18-20-22-24-26-28-30-32-34-36-37-38-39-40-41-42-43-45-46-48-50-52-54-56-58-60-62-64-66-68-70-72-79(82)86-76-78(77-88-90(84,85)87-75-74-81(3,4)5)89-80(83)73-71-69-67-65-63-61-59-57-55-53-51-49-47-44-35-33-31-29-27-25-23-21-19-17-15-13-11-9-7-2/h9,11,15,17,21,23-24,26-27,29,78H,6-8,10,12-14,16,18-20,22,25,28,30-77H2,1-5H3/p+1/b11-9-,17-15-,23-21-,26-24-,29-27-. The van der Waals surface area contributed by atoms with Crippen molar-refractivity contribution in [2.24, 2.45) is 0 Å². The van der Waals surface area contributed by atoms with E-state index in [1.54, 1.807) is 0 Å².